The summed E-state index contributed by atoms with van der Waals surface area (Å²) in [7, 11) is 1.53. The summed E-state index contributed by atoms with van der Waals surface area (Å²) in [4.78, 5) is 12.4. The summed E-state index contributed by atoms with van der Waals surface area (Å²) in [5, 5.41) is 11.9. The highest BCUT2D eigenvalue weighted by molar-refractivity contribution is 6.06. The summed E-state index contributed by atoms with van der Waals surface area (Å²) in [5.74, 6) is 1.39. The van der Waals surface area contributed by atoms with Crippen molar-refractivity contribution in [3.8, 4) is 17.1 Å². The Balaban J connectivity index is 1.83. The van der Waals surface area contributed by atoms with Crippen LogP contribution in [0.15, 0.2) is 65.1 Å². The lowest BCUT2D eigenvalue weighted by Crippen LogP contribution is -2.13. The van der Waals surface area contributed by atoms with E-state index in [2.05, 4.69) is 5.32 Å². The van der Waals surface area contributed by atoms with Crippen molar-refractivity contribution in [2.45, 2.75) is 6.61 Å². The van der Waals surface area contributed by atoms with Gasteiger partial charge in [-0.1, -0.05) is 24.3 Å². The molecular weight excluding hydrogens is 306 g/mol. The Labute approximate surface area is 139 Å². The van der Waals surface area contributed by atoms with Crippen LogP contribution in [-0.2, 0) is 6.61 Å². The van der Waals surface area contributed by atoms with Crippen molar-refractivity contribution in [1.82, 2.24) is 0 Å². The quantitative estimate of drug-likeness (QED) is 0.751. The molecule has 0 saturated carbocycles. The maximum Gasteiger partial charge on any atom is 0.259 e. The number of benzene rings is 2. The van der Waals surface area contributed by atoms with Gasteiger partial charge in [-0.3, -0.25) is 4.79 Å². The van der Waals surface area contributed by atoms with Crippen molar-refractivity contribution in [2.24, 2.45) is 0 Å². The van der Waals surface area contributed by atoms with Crippen LogP contribution in [0.3, 0.4) is 0 Å². The molecule has 5 heteroatoms. The fourth-order valence-electron chi connectivity index (χ4n) is 2.40. The van der Waals surface area contributed by atoms with E-state index in [0.717, 1.165) is 5.56 Å². The second-order valence-electron chi connectivity index (χ2n) is 5.16. The number of aliphatic hydroxyl groups is 1. The van der Waals surface area contributed by atoms with Crippen LogP contribution in [0, 0.1) is 0 Å². The number of hydrogen-bond acceptors (Lipinski definition) is 4. The Hall–Kier alpha value is -3.05. The lowest BCUT2D eigenvalue weighted by molar-refractivity contribution is 0.102. The van der Waals surface area contributed by atoms with Crippen LogP contribution in [0.4, 0.5) is 5.69 Å². The molecule has 2 N–H and O–H groups in total. The van der Waals surface area contributed by atoms with E-state index >= 15 is 0 Å². The van der Waals surface area contributed by atoms with Crippen LogP contribution in [0.5, 0.6) is 5.75 Å². The van der Waals surface area contributed by atoms with E-state index in [1.165, 1.54) is 7.11 Å². The maximum atomic E-state index is 12.4. The second kappa shape index (κ2) is 7.02. The first kappa shape index (κ1) is 15.8. The van der Waals surface area contributed by atoms with E-state index in [1.807, 2.05) is 24.3 Å². The molecule has 0 fully saturated rings. The molecule has 1 amide bonds. The minimum atomic E-state index is -0.250. The van der Waals surface area contributed by atoms with Crippen molar-refractivity contribution < 1.29 is 19.1 Å². The minimum Gasteiger partial charge on any atom is -0.496 e. The summed E-state index contributed by atoms with van der Waals surface area (Å²) in [6.45, 7) is -0.149. The molecule has 0 radical (unpaired) electrons. The monoisotopic (exact) mass is 323 g/mol. The molecule has 0 spiro atoms. The van der Waals surface area contributed by atoms with Crippen LogP contribution in [0.1, 0.15) is 16.1 Å². The van der Waals surface area contributed by atoms with Gasteiger partial charge in [0, 0.05) is 11.3 Å². The molecule has 0 bridgehead atoms. The van der Waals surface area contributed by atoms with Gasteiger partial charge in [0.15, 0.2) is 0 Å². The lowest BCUT2D eigenvalue weighted by Gasteiger charge is -2.09. The van der Waals surface area contributed by atoms with E-state index in [1.54, 1.807) is 36.4 Å². The number of rotatable bonds is 5. The van der Waals surface area contributed by atoms with E-state index < -0.39 is 0 Å². The number of ether oxygens (including phenoxy) is 1. The predicted molar refractivity (Wildman–Crippen MR) is 91.0 cm³/mol. The van der Waals surface area contributed by atoms with Gasteiger partial charge in [-0.05, 0) is 36.4 Å². The van der Waals surface area contributed by atoms with Crippen LogP contribution < -0.4 is 10.1 Å². The van der Waals surface area contributed by atoms with Crippen LogP contribution in [-0.4, -0.2) is 18.1 Å². The molecule has 0 aliphatic carbocycles. The molecule has 0 saturated heterocycles. The van der Waals surface area contributed by atoms with E-state index in [4.69, 9.17) is 14.3 Å². The summed E-state index contributed by atoms with van der Waals surface area (Å²) in [5.41, 5.74) is 1.92. The summed E-state index contributed by atoms with van der Waals surface area (Å²) < 4.78 is 10.7. The van der Waals surface area contributed by atoms with Gasteiger partial charge < -0.3 is 19.6 Å². The normalized spacial score (nSPS) is 10.4. The lowest BCUT2D eigenvalue weighted by atomic mass is 10.1. The van der Waals surface area contributed by atoms with Crippen molar-refractivity contribution in [2.75, 3.05) is 12.4 Å². The minimum absolute atomic E-state index is 0.149. The Morgan fingerprint density at radius 1 is 1.12 bits per heavy atom. The van der Waals surface area contributed by atoms with Gasteiger partial charge in [-0.15, -0.1) is 0 Å². The van der Waals surface area contributed by atoms with Crippen LogP contribution in [0.25, 0.3) is 11.3 Å². The zero-order valence-electron chi connectivity index (χ0n) is 13.2. The molecule has 3 aromatic rings. The molecule has 0 atom stereocenters. The van der Waals surface area contributed by atoms with Gasteiger partial charge in [-0.2, -0.15) is 0 Å². The third-order valence-electron chi connectivity index (χ3n) is 3.57. The van der Waals surface area contributed by atoms with Crippen LogP contribution in [0.2, 0.25) is 0 Å². The van der Waals surface area contributed by atoms with E-state index in [-0.39, 0.29) is 12.5 Å². The number of nitrogens with one attached hydrogen (secondary N) is 1. The Bertz CT molecular complexity index is 854. The third-order valence-corrected chi connectivity index (χ3v) is 3.57. The van der Waals surface area contributed by atoms with Crippen molar-refractivity contribution in [3.63, 3.8) is 0 Å². The molecule has 0 unspecified atom stereocenters. The Kier molecular flexibility index (Phi) is 4.63. The number of methoxy groups -OCH3 is 1. The Morgan fingerprint density at radius 3 is 2.71 bits per heavy atom. The number of para-hydroxylation sites is 1. The largest absolute Gasteiger partial charge is 0.496 e. The van der Waals surface area contributed by atoms with Gasteiger partial charge in [-0.25, -0.2) is 0 Å². The second-order valence-corrected chi connectivity index (χ2v) is 5.16. The smallest absolute Gasteiger partial charge is 0.259 e. The topological polar surface area (TPSA) is 71.7 Å². The third kappa shape index (κ3) is 3.31. The highest BCUT2D eigenvalue weighted by atomic mass is 16.5. The predicted octanol–water partition coefficient (Wildman–Crippen LogP) is 3.70. The highest BCUT2D eigenvalue weighted by Gasteiger charge is 2.12. The number of hydrogen-bond donors (Lipinski definition) is 2. The SMILES string of the molecule is COc1ccccc1C(=O)Nc1cccc(-c2ccc(CO)o2)c1. The first-order chi connectivity index (χ1) is 11.7. The number of aliphatic hydroxyl groups excluding tert-OH is 1. The number of amides is 1. The molecule has 1 aromatic heterocycles. The van der Waals surface area contributed by atoms with Gasteiger partial charge in [0.2, 0.25) is 0 Å². The standard InChI is InChI=1S/C19H17NO4/c1-23-18-8-3-2-7-16(18)19(22)20-14-6-4-5-13(11-14)17-10-9-15(12-21)24-17/h2-11,21H,12H2,1H3,(H,20,22). The molecule has 2 aromatic carbocycles. The average molecular weight is 323 g/mol. The molecule has 0 aliphatic rings. The number of anilines is 1. The Morgan fingerprint density at radius 2 is 1.96 bits per heavy atom. The van der Waals surface area contributed by atoms with Gasteiger partial charge in [0.1, 0.15) is 23.9 Å². The van der Waals surface area contributed by atoms with Crippen molar-refractivity contribution in [1.29, 1.82) is 0 Å². The molecule has 122 valence electrons. The maximum absolute atomic E-state index is 12.4. The molecule has 0 aliphatic heterocycles. The average Bonchev–Trinajstić information content (AvgIpc) is 3.11. The van der Waals surface area contributed by atoms with Gasteiger partial charge >= 0.3 is 0 Å². The number of carbonyl (C=O) groups is 1. The molecule has 5 nitrogen and oxygen atoms in total. The zero-order valence-corrected chi connectivity index (χ0v) is 13.2. The number of carbonyl (C=O) groups excluding carboxylic acids is 1. The number of furan rings is 1. The van der Waals surface area contributed by atoms with Crippen molar-refractivity contribution >= 4 is 11.6 Å². The first-order valence-corrected chi connectivity index (χ1v) is 7.45. The summed E-state index contributed by atoms with van der Waals surface area (Å²) in [6.07, 6.45) is 0. The first-order valence-electron chi connectivity index (χ1n) is 7.45. The molecule has 3 rings (SSSR count). The zero-order chi connectivity index (χ0) is 16.9. The van der Waals surface area contributed by atoms with Crippen molar-refractivity contribution in [3.05, 3.63) is 72.0 Å². The molecule has 1 heterocycles. The van der Waals surface area contributed by atoms with E-state index in [9.17, 15) is 4.79 Å². The molecular formula is C19H17NO4. The summed E-state index contributed by atoms with van der Waals surface area (Å²) in [6, 6.07) is 17.9. The highest BCUT2D eigenvalue weighted by Crippen LogP contribution is 2.26. The van der Waals surface area contributed by atoms with E-state index in [0.29, 0.717) is 28.5 Å². The molecule has 24 heavy (non-hydrogen) atoms. The summed E-state index contributed by atoms with van der Waals surface area (Å²) >= 11 is 0. The fraction of sp³-hybridized carbons (Fsp3) is 0.105. The van der Waals surface area contributed by atoms with Crippen LogP contribution >= 0.6 is 0 Å². The van der Waals surface area contributed by atoms with Gasteiger partial charge in [0.05, 0.1) is 12.7 Å². The fourth-order valence-corrected chi connectivity index (χ4v) is 2.40. The van der Waals surface area contributed by atoms with Gasteiger partial charge in [0.25, 0.3) is 5.91 Å².